The lowest BCUT2D eigenvalue weighted by Gasteiger charge is -2.10. The fraction of sp³-hybridized carbons (Fsp3) is 0.0435. The molecule has 0 fully saturated rings. The van der Waals surface area contributed by atoms with Crippen molar-refractivity contribution in [2.45, 2.75) is 0 Å². The second kappa shape index (κ2) is 9.07. The van der Waals surface area contributed by atoms with Crippen LogP contribution in [0.25, 0.3) is 21.8 Å². The third kappa shape index (κ3) is 4.67. The first-order chi connectivity index (χ1) is 14.6. The van der Waals surface area contributed by atoms with Crippen LogP contribution in [0.15, 0.2) is 78.2 Å². The Balaban J connectivity index is 1.50. The fourth-order valence-electron chi connectivity index (χ4n) is 2.84. The average Bonchev–Trinajstić information content (AvgIpc) is 3.24. The van der Waals surface area contributed by atoms with E-state index in [1.54, 1.807) is 48.5 Å². The molecule has 0 aliphatic carbocycles. The standard InChI is InChI=1S/C23H16ClFN2O2S/c24-15-9-11-16(12-10-15)29-13-22(28)26-20-8-4-2-6-18(20)21-14-30-23(27-21)17-5-1-3-7-19(17)25/h1-12,14H,13H2,(H,26,28). The summed E-state index contributed by atoms with van der Waals surface area (Å²) in [5, 5.41) is 5.87. The summed E-state index contributed by atoms with van der Waals surface area (Å²) in [5.41, 5.74) is 2.46. The van der Waals surface area contributed by atoms with Gasteiger partial charge in [0.25, 0.3) is 5.91 Å². The van der Waals surface area contributed by atoms with Crippen LogP contribution in [-0.2, 0) is 4.79 Å². The monoisotopic (exact) mass is 438 g/mol. The summed E-state index contributed by atoms with van der Waals surface area (Å²) in [6.45, 7) is -0.145. The van der Waals surface area contributed by atoms with E-state index in [0.29, 0.717) is 32.7 Å². The van der Waals surface area contributed by atoms with Gasteiger partial charge in [0.2, 0.25) is 0 Å². The van der Waals surface area contributed by atoms with Gasteiger partial charge in [-0.1, -0.05) is 41.9 Å². The van der Waals surface area contributed by atoms with Crippen LogP contribution in [0, 0.1) is 5.82 Å². The largest absolute Gasteiger partial charge is 0.484 e. The van der Waals surface area contributed by atoms with E-state index in [-0.39, 0.29) is 18.3 Å². The Labute approximate surface area is 181 Å². The molecular formula is C23H16ClFN2O2S. The van der Waals surface area contributed by atoms with Gasteiger partial charge in [0, 0.05) is 21.5 Å². The Morgan fingerprint density at radius 2 is 1.70 bits per heavy atom. The maximum Gasteiger partial charge on any atom is 0.262 e. The van der Waals surface area contributed by atoms with Gasteiger partial charge in [-0.15, -0.1) is 11.3 Å². The van der Waals surface area contributed by atoms with Gasteiger partial charge in [0.05, 0.1) is 11.4 Å². The van der Waals surface area contributed by atoms with Crippen LogP contribution in [0.1, 0.15) is 0 Å². The number of ether oxygens (including phenoxy) is 1. The van der Waals surface area contributed by atoms with Crippen molar-refractivity contribution in [3.8, 4) is 27.6 Å². The molecule has 1 amide bonds. The normalized spacial score (nSPS) is 10.6. The Bertz CT molecular complexity index is 1180. The number of rotatable bonds is 6. The predicted molar refractivity (Wildman–Crippen MR) is 119 cm³/mol. The van der Waals surface area contributed by atoms with Crippen molar-refractivity contribution in [2.24, 2.45) is 0 Å². The first kappa shape index (κ1) is 20.1. The van der Waals surface area contributed by atoms with E-state index in [1.165, 1.54) is 17.4 Å². The number of nitrogens with one attached hydrogen (secondary N) is 1. The number of aromatic nitrogens is 1. The van der Waals surface area contributed by atoms with Gasteiger partial charge in [0.1, 0.15) is 16.6 Å². The van der Waals surface area contributed by atoms with Gasteiger partial charge in [-0.2, -0.15) is 0 Å². The van der Waals surface area contributed by atoms with E-state index in [2.05, 4.69) is 10.3 Å². The Kier molecular flexibility index (Phi) is 6.07. The number of carbonyl (C=O) groups excluding carboxylic acids is 1. The van der Waals surface area contributed by atoms with Gasteiger partial charge in [-0.3, -0.25) is 4.79 Å². The number of halogens is 2. The molecule has 1 N–H and O–H groups in total. The molecule has 4 nitrogen and oxygen atoms in total. The zero-order valence-corrected chi connectivity index (χ0v) is 17.2. The molecule has 0 unspecified atom stereocenters. The van der Waals surface area contributed by atoms with Crippen LogP contribution in [0.5, 0.6) is 5.75 Å². The minimum Gasteiger partial charge on any atom is -0.484 e. The molecule has 0 aliphatic heterocycles. The summed E-state index contributed by atoms with van der Waals surface area (Å²) < 4.78 is 19.6. The van der Waals surface area contributed by atoms with Gasteiger partial charge in [-0.05, 0) is 42.5 Å². The topological polar surface area (TPSA) is 51.2 Å². The Hall–Kier alpha value is -3.22. The second-order valence-electron chi connectivity index (χ2n) is 6.35. The number of hydrogen-bond donors (Lipinski definition) is 1. The lowest BCUT2D eigenvalue weighted by atomic mass is 10.1. The fourth-order valence-corrected chi connectivity index (χ4v) is 3.81. The summed E-state index contributed by atoms with van der Waals surface area (Å²) in [5.74, 6) is -0.0711. The van der Waals surface area contributed by atoms with Crippen molar-refractivity contribution < 1.29 is 13.9 Å². The summed E-state index contributed by atoms with van der Waals surface area (Å²) in [4.78, 5) is 16.9. The number of thiazole rings is 1. The average molecular weight is 439 g/mol. The number of amides is 1. The highest BCUT2D eigenvalue weighted by molar-refractivity contribution is 7.13. The summed E-state index contributed by atoms with van der Waals surface area (Å²) >= 11 is 7.19. The molecule has 1 heterocycles. The molecular weight excluding hydrogens is 423 g/mol. The maximum atomic E-state index is 14.1. The first-order valence-corrected chi connectivity index (χ1v) is 10.3. The lowest BCUT2D eigenvalue weighted by Crippen LogP contribution is -2.20. The zero-order valence-electron chi connectivity index (χ0n) is 15.6. The van der Waals surface area contributed by atoms with Crippen LogP contribution in [-0.4, -0.2) is 17.5 Å². The highest BCUT2D eigenvalue weighted by Crippen LogP contribution is 2.33. The Morgan fingerprint density at radius 3 is 2.47 bits per heavy atom. The molecule has 4 aromatic rings. The smallest absolute Gasteiger partial charge is 0.262 e. The highest BCUT2D eigenvalue weighted by atomic mass is 35.5. The first-order valence-electron chi connectivity index (χ1n) is 9.08. The van der Waals surface area contributed by atoms with Crippen LogP contribution >= 0.6 is 22.9 Å². The number of benzene rings is 3. The van der Waals surface area contributed by atoms with Gasteiger partial charge >= 0.3 is 0 Å². The Morgan fingerprint density at radius 1 is 1.00 bits per heavy atom. The molecule has 0 saturated heterocycles. The minimum absolute atomic E-state index is 0.145. The quantitative estimate of drug-likeness (QED) is 0.385. The number of nitrogens with zero attached hydrogens (tertiary/aromatic N) is 1. The number of para-hydroxylation sites is 1. The van der Waals surface area contributed by atoms with E-state index in [1.807, 2.05) is 23.6 Å². The lowest BCUT2D eigenvalue weighted by molar-refractivity contribution is -0.118. The van der Waals surface area contributed by atoms with E-state index < -0.39 is 0 Å². The molecule has 4 rings (SSSR count). The van der Waals surface area contributed by atoms with Crippen molar-refractivity contribution in [2.75, 3.05) is 11.9 Å². The summed E-state index contributed by atoms with van der Waals surface area (Å²) in [6.07, 6.45) is 0. The number of carbonyl (C=O) groups is 1. The van der Waals surface area contributed by atoms with E-state index in [0.717, 1.165) is 5.56 Å². The van der Waals surface area contributed by atoms with Gasteiger partial charge in [0.15, 0.2) is 6.61 Å². The van der Waals surface area contributed by atoms with E-state index >= 15 is 0 Å². The van der Waals surface area contributed by atoms with E-state index in [9.17, 15) is 9.18 Å². The molecule has 0 saturated carbocycles. The molecule has 0 spiro atoms. The summed E-state index contributed by atoms with van der Waals surface area (Å²) in [7, 11) is 0. The predicted octanol–water partition coefficient (Wildman–Crippen LogP) is 6.29. The molecule has 0 aliphatic rings. The molecule has 3 aromatic carbocycles. The molecule has 30 heavy (non-hydrogen) atoms. The van der Waals surface area contributed by atoms with Gasteiger partial charge in [-0.25, -0.2) is 9.37 Å². The molecule has 0 radical (unpaired) electrons. The third-order valence-corrected chi connectivity index (χ3v) is 5.40. The summed E-state index contributed by atoms with van der Waals surface area (Å²) in [6, 6.07) is 20.6. The molecule has 150 valence electrons. The minimum atomic E-state index is -0.320. The van der Waals surface area contributed by atoms with Crippen LogP contribution in [0.2, 0.25) is 5.02 Å². The van der Waals surface area contributed by atoms with Crippen molar-refractivity contribution in [1.29, 1.82) is 0 Å². The van der Waals surface area contributed by atoms with Crippen molar-refractivity contribution in [3.05, 3.63) is 89.0 Å². The molecule has 7 heteroatoms. The number of anilines is 1. The van der Waals surface area contributed by atoms with Crippen molar-refractivity contribution in [3.63, 3.8) is 0 Å². The zero-order chi connectivity index (χ0) is 20.9. The molecule has 0 atom stereocenters. The SMILES string of the molecule is O=C(COc1ccc(Cl)cc1)Nc1ccccc1-c1csc(-c2ccccc2F)n1. The van der Waals surface area contributed by atoms with Crippen LogP contribution < -0.4 is 10.1 Å². The van der Waals surface area contributed by atoms with Crippen LogP contribution in [0.4, 0.5) is 10.1 Å². The molecule has 0 bridgehead atoms. The highest BCUT2D eigenvalue weighted by Gasteiger charge is 2.14. The van der Waals surface area contributed by atoms with Crippen molar-refractivity contribution >= 4 is 34.5 Å². The molecule has 1 aromatic heterocycles. The number of hydrogen-bond acceptors (Lipinski definition) is 4. The second-order valence-corrected chi connectivity index (χ2v) is 7.65. The van der Waals surface area contributed by atoms with Crippen molar-refractivity contribution in [1.82, 2.24) is 4.98 Å². The van der Waals surface area contributed by atoms with Gasteiger partial charge < -0.3 is 10.1 Å². The van der Waals surface area contributed by atoms with E-state index in [4.69, 9.17) is 16.3 Å². The van der Waals surface area contributed by atoms with Crippen LogP contribution in [0.3, 0.4) is 0 Å². The maximum absolute atomic E-state index is 14.1. The third-order valence-electron chi connectivity index (χ3n) is 4.27.